The van der Waals surface area contributed by atoms with E-state index in [0.29, 0.717) is 6.10 Å². The van der Waals surface area contributed by atoms with Crippen molar-refractivity contribution in [3.63, 3.8) is 0 Å². The first-order valence-electron chi connectivity index (χ1n) is 5.59. The molecule has 0 bridgehead atoms. The largest absolute Gasteiger partial charge is 0.425 e. The molecule has 0 aliphatic carbocycles. The van der Waals surface area contributed by atoms with E-state index < -0.39 is 0 Å². The molecule has 0 aromatic carbocycles. The Morgan fingerprint density at radius 2 is 1.23 bits per heavy atom. The van der Waals surface area contributed by atoms with Crippen molar-refractivity contribution >= 4 is 10.5 Å². The fourth-order valence-corrected chi connectivity index (χ4v) is 1.89. The van der Waals surface area contributed by atoms with E-state index in [2.05, 4.69) is 27.7 Å². The molecule has 0 aromatic rings. The van der Waals surface area contributed by atoms with Crippen molar-refractivity contribution in [3.05, 3.63) is 0 Å². The maximum Gasteiger partial charge on any atom is 0.146 e. The predicted octanol–water partition coefficient (Wildman–Crippen LogP) is 2.52. The molecule has 0 aliphatic heterocycles. The maximum absolute atomic E-state index is 5.59. The van der Waals surface area contributed by atoms with E-state index in [1.54, 1.807) is 0 Å². The lowest BCUT2D eigenvalue weighted by Crippen LogP contribution is -2.13. The second kappa shape index (κ2) is 7.57. The highest BCUT2D eigenvalue weighted by molar-refractivity contribution is 5.98. The molecule has 13 heavy (non-hydrogen) atoms. The van der Waals surface area contributed by atoms with Crippen LogP contribution in [0.25, 0.3) is 0 Å². The summed E-state index contributed by atoms with van der Waals surface area (Å²) in [5, 5.41) is 0. The Hall–Kier alpha value is 0.177. The molecule has 0 atom stereocenters. The summed E-state index contributed by atoms with van der Waals surface area (Å²) in [4.78, 5) is 0. The van der Waals surface area contributed by atoms with Gasteiger partial charge in [-0.05, 0) is 37.5 Å². The minimum atomic E-state index is 0.552. The van der Waals surface area contributed by atoms with E-state index in [0.717, 1.165) is 22.3 Å². The zero-order chi connectivity index (χ0) is 10.3. The average molecular weight is 202 g/mol. The van der Waals surface area contributed by atoms with Gasteiger partial charge < -0.3 is 4.43 Å². The van der Waals surface area contributed by atoms with Gasteiger partial charge in [0.1, 0.15) is 10.5 Å². The summed E-state index contributed by atoms with van der Waals surface area (Å²) in [5.74, 6) is 1.64. The highest BCUT2D eigenvalue weighted by Gasteiger charge is 2.08. The summed E-state index contributed by atoms with van der Waals surface area (Å²) in [6.07, 6.45) is 5.69. The first-order valence-corrected chi connectivity index (χ1v) is 6.40. The molecule has 0 spiro atoms. The molecule has 0 rings (SSSR count). The summed E-state index contributed by atoms with van der Waals surface area (Å²) in [5.41, 5.74) is 0. The second-order valence-electron chi connectivity index (χ2n) is 4.80. The van der Waals surface area contributed by atoms with Gasteiger partial charge >= 0.3 is 0 Å². The molecule has 0 saturated carbocycles. The molecule has 2 heteroatoms. The van der Waals surface area contributed by atoms with Gasteiger partial charge in [-0.3, -0.25) is 0 Å². The predicted molar refractivity (Wildman–Crippen MR) is 63.0 cm³/mol. The summed E-state index contributed by atoms with van der Waals surface area (Å²) in [7, 11) is 0.892. The third-order valence-corrected chi connectivity index (χ3v) is 3.13. The van der Waals surface area contributed by atoms with Crippen LogP contribution in [-0.4, -0.2) is 16.6 Å². The van der Waals surface area contributed by atoms with E-state index >= 15 is 0 Å². The van der Waals surface area contributed by atoms with Gasteiger partial charge in [0.05, 0.1) is 0 Å². The SMILES string of the molecule is CC(C)CCC(CCC(C)C)O[SiH3]. The fourth-order valence-electron chi connectivity index (χ4n) is 1.42. The topological polar surface area (TPSA) is 9.23 Å². The van der Waals surface area contributed by atoms with E-state index in [4.69, 9.17) is 4.43 Å². The minimum Gasteiger partial charge on any atom is -0.425 e. The monoisotopic (exact) mass is 202 g/mol. The summed E-state index contributed by atoms with van der Waals surface area (Å²) >= 11 is 0. The Balaban J connectivity index is 3.51. The van der Waals surface area contributed by atoms with E-state index in [-0.39, 0.29) is 0 Å². The third kappa shape index (κ3) is 8.51. The Morgan fingerprint density at radius 3 is 1.46 bits per heavy atom. The smallest absolute Gasteiger partial charge is 0.146 e. The average Bonchev–Trinajstić information content (AvgIpc) is 2.04. The van der Waals surface area contributed by atoms with E-state index in [9.17, 15) is 0 Å². The van der Waals surface area contributed by atoms with E-state index in [1.165, 1.54) is 25.7 Å². The summed E-state index contributed by atoms with van der Waals surface area (Å²) in [6.45, 7) is 9.14. The molecule has 0 fully saturated rings. The van der Waals surface area contributed by atoms with E-state index in [1.807, 2.05) is 0 Å². The van der Waals surface area contributed by atoms with Crippen molar-refractivity contribution < 1.29 is 4.43 Å². The number of hydrogen-bond acceptors (Lipinski definition) is 1. The van der Waals surface area contributed by atoms with Crippen LogP contribution in [0.15, 0.2) is 0 Å². The third-order valence-electron chi connectivity index (χ3n) is 2.47. The zero-order valence-electron chi connectivity index (χ0n) is 9.97. The van der Waals surface area contributed by atoms with Gasteiger partial charge in [0.2, 0.25) is 0 Å². The molecule has 0 radical (unpaired) electrons. The second-order valence-corrected chi connectivity index (χ2v) is 5.27. The molecule has 0 unspecified atom stereocenters. The van der Waals surface area contributed by atoms with Crippen molar-refractivity contribution in [1.29, 1.82) is 0 Å². The van der Waals surface area contributed by atoms with Gasteiger partial charge in [0.25, 0.3) is 0 Å². The van der Waals surface area contributed by atoms with Crippen LogP contribution in [0, 0.1) is 11.8 Å². The van der Waals surface area contributed by atoms with Crippen molar-refractivity contribution in [3.8, 4) is 0 Å². The van der Waals surface area contributed by atoms with Crippen LogP contribution in [0.5, 0.6) is 0 Å². The van der Waals surface area contributed by atoms with Crippen LogP contribution >= 0.6 is 0 Å². The molecule has 0 heterocycles. The first-order chi connectivity index (χ1) is 6.06. The van der Waals surface area contributed by atoms with Crippen LogP contribution in [0.2, 0.25) is 0 Å². The molecule has 0 saturated heterocycles. The van der Waals surface area contributed by atoms with Gasteiger partial charge in [0, 0.05) is 6.10 Å². The molecule has 0 aliphatic rings. The summed E-state index contributed by atoms with van der Waals surface area (Å²) in [6, 6.07) is 0. The molecular formula is C11H26OSi. The van der Waals surface area contributed by atoms with Crippen molar-refractivity contribution in [2.75, 3.05) is 0 Å². The van der Waals surface area contributed by atoms with Crippen LogP contribution < -0.4 is 0 Å². The van der Waals surface area contributed by atoms with Gasteiger partial charge in [-0.2, -0.15) is 0 Å². The lowest BCUT2D eigenvalue weighted by atomic mass is 9.99. The highest BCUT2D eigenvalue weighted by Crippen LogP contribution is 2.15. The van der Waals surface area contributed by atoms with Gasteiger partial charge in [-0.1, -0.05) is 27.7 Å². The Bertz CT molecular complexity index is 101. The molecule has 80 valence electrons. The molecule has 0 aromatic heterocycles. The van der Waals surface area contributed by atoms with Gasteiger partial charge in [-0.15, -0.1) is 0 Å². The zero-order valence-corrected chi connectivity index (χ0v) is 12.0. The van der Waals surface area contributed by atoms with Crippen LogP contribution in [0.3, 0.4) is 0 Å². The van der Waals surface area contributed by atoms with Crippen LogP contribution in [0.1, 0.15) is 53.4 Å². The lowest BCUT2D eigenvalue weighted by Gasteiger charge is -2.17. The van der Waals surface area contributed by atoms with Crippen molar-refractivity contribution in [1.82, 2.24) is 0 Å². The summed E-state index contributed by atoms with van der Waals surface area (Å²) < 4.78 is 5.59. The fraction of sp³-hybridized carbons (Fsp3) is 1.00. The van der Waals surface area contributed by atoms with Crippen molar-refractivity contribution in [2.45, 2.75) is 59.5 Å². The minimum absolute atomic E-state index is 0.552. The number of hydrogen-bond donors (Lipinski definition) is 0. The van der Waals surface area contributed by atoms with Crippen LogP contribution in [0.4, 0.5) is 0 Å². The Kier molecular flexibility index (Phi) is 7.67. The Morgan fingerprint density at radius 1 is 0.846 bits per heavy atom. The van der Waals surface area contributed by atoms with Gasteiger partial charge in [-0.25, -0.2) is 0 Å². The van der Waals surface area contributed by atoms with Crippen molar-refractivity contribution in [2.24, 2.45) is 11.8 Å². The van der Waals surface area contributed by atoms with Crippen LogP contribution in [-0.2, 0) is 4.43 Å². The normalized spacial score (nSPS) is 12.2. The van der Waals surface area contributed by atoms with Gasteiger partial charge in [0.15, 0.2) is 0 Å². The first kappa shape index (κ1) is 13.2. The molecule has 1 nitrogen and oxygen atoms in total. The number of rotatable bonds is 7. The Labute approximate surface area is 86.8 Å². The highest BCUT2D eigenvalue weighted by atomic mass is 28.2. The standard InChI is InChI=1S/C11H26OSi/c1-9(2)5-7-11(12-13)8-6-10(3)4/h9-11H,5-8H2,1-4,13H3. The molecule has 0 N–H and O–H groups in total. The quantitative estimate of drug-likeness (QED) is 0.577. The molecule has 0 amide bonds. The lowest BCUT2D eigenvalue weighted by molar-refractivity contribution is 0.180. The molecular weight excluding hydrogens is 176 g/mol. The maximum atomic E-state index is 5.59.